The number of nitrogens with zero attached hydrogens (tertiary/aromatic N) is 4. The van der Waals surface area contributed by atoms with Crippen LogP contribution in [-0.4, -0.2) is 45.8 Å². The van der Waals surface area contributed by atoms with Crippen LogP contribution in [0.2, 0.25) is 0 Å². The molecule has 0 aliphatic carbocycles. The van der Waals surface area contributed by atoms with Gasteiger partial charge in [-0.15, -0.1) is 0 Å². The van der Waals surface area contributed by atoms with Gasteiger partial charge in [0.2, 0.25) is 5.13 Å². The first-order chi connectivity index (χ1) is 14.5. The molecule has 1 aliphatic heterocycles. The molecule has 5 nitrogen and oxygen atoms in total. The van der Waals surface area contributed by atoms with Crippen LogP contribution >= 0.6 is 11.5 Å². The number of aryl methyl sites for hydroxylation is 1. The van der Waals surface area contributed by atoms with E-state index in [-0.39, 0.29) is 17.8 Å². The van der Waals surface area contributed by atoms with Gasteiger partial charge in [0.25, 0.3) is 5.91 Å². The van der Waals surface area contributed by atoms with Crippen molar-refractivity contribution in [3.8, 4) is 0 Å². The Kier molecular flexibility index (Phi) is 6.08. The Bertz CT molecular complexity index is 1000. The molecule has 0 N–H and O–H groups in total. The number of hydrogen-bond acceptors (Lipinski definition) is 5. The highest BCUT2D eigenvalue weighted by Gasteiger charge is 2.29. The zero-order valence-corrected chi connectivity index (χ0v) is 18.0. The Morgan fingerprint density at radius 2 is 1.80 bits per heavy atom. The Balaban J connectivity index is 1.38. The summed E-state index contributed by atoms with van der Waals surface area (Å²) < 4.78 is 17.5. The van der Waals surface area contributed by atoms with Crippen molar-refractivity contribution in [2.75, 3.05) is 24.5 Å². The molecule has 2 heterocycles. The highest BCUT2D eigenvalue weighted by atomic mass is 32.1. The summed E-state index contributed by atoms with van der Waals surface area (Å²) in [4.78, 5) is 21.7. The first-order valence-electron chi connectivity index (χ1n) is 10.3. The number of amides is 1. The summed E-state index contributed by atoms with van der Waals surface area (Å²) in [5.41, 5.74) is 2.96. The number of carbonyl (C=O) groups is 1. The molecule has 3 aromatic rings. The quantitative estimate of drug-likeness (QED) is 0.617. The second-order valence-electron chi connectivity index (χ2n) is 7.64. The van der Waals surface area contributed by atoms with E-state index < -0.39 is 0 Å². The van der Waals surface area contributed by atoms with E-state index in [9.17, 15) is 9.18 Å². The molecule has 7 heteroatoms. The summed E-state index contributed by atoms with van der Waals surface area (Å²) in [5.74, 6) is 0.580. The van der Waals surface area contributed by atoms with E-state index >= 15 is 0 Å². The molecule has 0 radical (unpaired) electrons. The van der Waals surface area contributed by atoms with Gasteiger partial charge in [0.05, 0.1) is 0 Å². The van der Waals surface area contributed by atoms with Gasteiger partial charge in [-0.2, -0.15) is 4.37 Å². The van der Waals surface area contributed by atoms with Crippen LogP contribution in [0.1, 0.15) is 41.2 Å². The molecule has 30 heavy (non-hydrogen) atoms. The molecule has 2 aromatic carbocycles. The van der Waals surface area contributed by atoms with Crippen molar-refractivity contribution in [3.05, 3.63) is 76.9 Å². The minimum absolute atomic E-state index is 0.0825. The molecule has 1 fully saturated rings. The van der Waals surface area contributed by atoms with Gasteiger partial charge in [-0.25, -0.2) is 9.37 Å². The first-order valence-corrected chi connectivity index (χ1v) is 11.0. The summed E-state index contributed by atoms with van der Waals surface area (Å²) >= 11 is 1.38. The summed E-state index contributed by atoms with van der Waals surface area (Å²) in [7, 11) is 0. The van der Waals surface area contributed by atoms with E-state index in [0.717, 1.165) is 41.6 Å². The van der Waals surface area contributed by atoms with Crippen LogP contribution in [0.4, 0.5) is 9.52 Å². The Hall–Kier alpha value is -2.80. The Morgan fingerprint density at radius 3 is 2.47 bits per heavy atom. The smallest absolute Gasteiger partial charge is 0.254 e. The van der Waals surface area contributed by atoms with Crippen LogP contribution in [0, 0.1) is 5.82 Å². The van der Waals surface area contributed by atoms with Crippen LogP contribution in [0.5, 0.6) is 0 Å². The first kappa shape index (κ1) is 20.5. The van der Waals surface area contributed by atoms with Crippen LogP contribution in [0.15, 0.2) is 48.5 Å². The van der Waals surface area contributed by atoms with E-state index in [4.69, 9.17) is 0 Å². The second-order valence-corrected chi connectivity index (χ2v) is 8.37. The van der Waals surface area contributed by atoms with Crippen LogP contribution in [0.25, 0.3) is 0 Å². The molecule has 1 unspecified atom stereocenters. The molecule has 156 valence electrons. The monoisotopic (exact) mass is 424 g/mol. The maximum atomic E-state index is 13.1. The lowest BCUT2D eigenvalue weighted by Crippen LogP contribution is -2.54. The van der Waals surface area contributed by atoms with Gasteiger partial charge in [-0.05, 0) is 48.7 Å². The van der Waals surface area contributed by atoms with E-state index in [1.54, 1.807) is 12.1 Å². The number of benzene rings is 2. The summed E-state index contributed by atoms with van der Waals surface area (Å²) in [6, 6.07) is 14.4. The van der Waals surface area contributed by atoms with Gasteiger partial charge in [0.1, 0.15) is 11.6 Å². The van der Waals surface area contributed by atoms with Gasteiger partial charge in [-0.1, -0.05) is 31.2 Å². The topological polar surface area (TPSA) is 49.3 Å². The van der Waals surface area contributed by atoms with E-state index in [2.05, 4.69) is 28.1 Å². The van der Waals surface area contributed by atoms with Crippen molar-refractivity contribution < 1.29 is 9.18 Å². The molecule has 1 saturated heterocycles. The normalized spacial score (nSPS) is 16.7. The maximum absolute atomic E-state index is 13.1. The van der Waals surface area contributed by atoms with Gasteiger partial charge in [-0.3, -0.25) is 4.79 Å². The number of piperazine rings is 1. The fraction of sp³-hybridized carbons (Fsp3) is 0.348. The number of halogens is 1. The predicted octanol–water partition coefficient (Wildman–Crippen LogP) is 4.18. The molecular formula is C23H25FN4OS. The number of aromatic nitrogens is 2. The van der Waals surface area contributed by atoms with E-state index in [1.165, 1.54) is 29.2 Å². The van der Waals surface area contributed by atoms with Crippen LogP contribution < -0.4 is 4.90 Å². The molecule has 1 amide bonds. The van der Waals surface area contributed by atoms with Crippen molar-refractivity contribution in [2.45, 2.75) is 32.7 Å². The zero-order valence-electron chi connectivity index (χ0n) is 17.2. The predicted molar refractivity (Wildman–Crippen MR) is 118 cm³/mol. The Morgan fingerprint density at radius 1 is 1.10 bits per heavy atom. The minimum atomic E-state index is -0.242. The molecule has 1 aliphatic rings. The lowest BCUT2D eigenvalue weighted by molar-refractivity contribution is 0.0674. The molecule has 0 saturated carbocycles. The molecule has 1 atom stereocenters. The third-order valence-electron chi connectivity index (χ3n) is 5.50. The van der Waals surface area contributed by atoms with Gasteiger partial charge in [0, 0.05) is 49.2 Å². The summed E-state index contributed by atoms with van der Waals surface area (Å²) in [5, 5.41) is 0.873. The van der Waals surface area contributed by atoms with Crippen LogP contribution in [-0.2, 0) is 12.8 Å². The van der Waals surface area contributed by atoms with Crippen molar-refractivity contribution in [1.29, 1.82) is 0 Å². The molecule has 4 rings (SSSR count). The SMILES string of the molecule is CCc1ccc(C(=O)N2CCN(c3nc(Cc4ccc(F)cc4)ns3)CC2C)cc1. The highest BCUT2D eigenvalue weighted by molar-refractivity contribution is 7.09. The van der Waals surface area contributed by atoms with Crippen LogP contribution in [0.3, 0.4) is 0 Å². The number of hydrogen-bond donors (Lipinski definition) is 0. The minimum Gasteiger partial charge on any atom is -0.343 e. The third-order valence-corrected chi connectivity index (χ3v) is 6.32. The second kappa shape index (κ2) is 8.92. The number of rotatable bonds is 5. The fourth-order valence-electron chi connectivity index (χ4n) is 3.71. The van der Waals surface area contributed by atoms with Gasteiger partial charge in [0.15, 0.2) is 0 Å². The van der Waals surface area contributed by atoms with Crippen molar-refractivity contribution in [2.24, 2.45) is 0 Å². The zero-order chi connectivity index (χ0) is 21.1. The molecular weight excluding hydrogens is 399 g/mol. The van der Waals surface area contributed by atoms with E-state index in [1.807, 2.05) is 29.2 Å². The standard InChI is InChI=1S/C23H25FN4OS/c1-3-17-4-8-19(9-5-17)22(29)28-13-12-27(15-16(28)2)23-25-21(26-30-23)14-18-6-10-20(24)11-7-18/h4-11,16H,3,12-15H2,1-2H3. The third kappa shape index (κ3) is 4.51. The van der Waals surface area contributed by atoms with E-state index in [0.29, 0.717) is 13.0 Å². The number of carbonyl (C=O) groups excluding carboxylic acids is 1. The lowest BCUT2D eigenvalue weighted by Gasteiger charge is -2.39. The summed E-state index contributed by atoms with van der Waals surface area (Å²) in [6.07, 6.45) is 1.55. The molecule has 0 spiro atoms. The highest BCUT2D eigenvalue weighted by Crippen LogP contribution is 2.23. The molecule has 0 bridgehead atoms. The van der Waals surface area contributed by atoms with Crippen molar-refractivity contribution in [3.63, 3.8) is 0 Å². The maximum Gasteiger partial charge on any atom is 0.254 e. The average Bonchev–Trinajstić information content (AvgIpc) is 3.23. The van der Waals surface area contributed by atoms with Crippen molar-refractivity contribution >= 4 is 22.6 Å². The largest absolute Gasteiger partial charge is 0.343 e. The molecule has 1 aromatic heterocycles. The van der Waals surface area contributed by atoms with Crippen molar-refractivity contribution in [1.82, 2.24) is 14.3 Å². The lowest BCUT2D eigenvalue weighted by atomic mass is 10.1. The number of anilines is 1. The van der Waals surface area contributed by atoms with Gasteiger partial charge >= 0.3 is 0 Å². The fourth-order valence-corrected chi connectivity index (χ4v) is 4.43. The summed E-state index contributed by atoms with van der Waals surface area (Å²) in [6.45, 7) is 6.29. The van der Waals surface area contributed by atoms with Gasteiger partial charge < -0.3 is 9.80 Å². The average molecular weight is 425 g/mol. The Labute approximate surface area is 180 Å².